The van der Waals surface area contributed by atoms with E-state index in [2.05, 4.69) is 55.9 Å². The van der Waals surface area contributed by atoms with Gasteiger partial charge in [0.25, 0.3) is 0 Å². The second-order valence-corrected chi connectivity index (χ2v) is 7.91. The summed E-state index contributed by atoms with van der Waals surface area (Å²) in [5.74, 6) is 0.668. The third-order valence-corrected chi connectivity index (χ3v) is 5.05. The zero-order valence-electron chi connectivity index (χ0n) is 14.6. The zero-order chi connectivity index (χ0) is 18.2. The summed E-state index contributed by atoms with van der Waals surface area (Å²) in [4.78, 5) is 18.8. The number of nitrogens with zero attached hydrogens (tertiary/aromatic N) is 1. The van der Waals surface area contributed by atoms with Crippen LogP contribution in [0.25, 0.3) is 0 Å². The average molecular weight is 423 g/mol. The number of halogens is 1. The molecule has 0 aliphatic rings. The van der Waals surface area contributed by atoms with Gasteiger partial charge in [0.2, 0.25) is 5.91 Å². The van der Waals surface area contributed by atoms with Gasteiger partial charge < -0.3 is 16.0 Å². The first-order valence-electron chi connectivity index (χ1n) is 8.04. The van der Waals surface area contributed by atoms with Crippen molar-refractivity contribution >= 4 is 44.8 Å². The highest BCUT2D eigenvalue weighted by Gasteiger charge is 2.06. The molecule has 2 aromatic rings. The number of benzene rings is 1. The summed E-state index contributed by atoms with van der Waals surface area (Å²) >= 11 is 5.18. The third kappa shape index (κ3) is 6.51. The van der Waals surface area contributed by atoms with E-state index in [0.717, 1.165) is 22.3 Å². The Kier molecular flexibility index (Phi) is 7.46. The number of thiophene rings is 1. The van der Waals surface area contributed by atoms with E-state index in [0.29, 0.717) is 18.9 Å². The van der Waals surface area contributed by atoms with Crippen molar-refractivity contribution in [3.05, 3.63) is 50.1 Å². The summed E-state index contributed by atoms with van der Waals surface area (Å²) in [5.41, 5.74) is 1.86. The lowest BCUT2D eigenvalue weighted by molar-refractivity contribution is -0.116. The Balaban J connectivity index is 1.73. The van der Waals surface area contributed by atoms with E-state index in [1.165, 1.54) is 9.75 Å². The number of carbonyl (C=O) groups is 1. The number of guanidine groups is 1. The molecule has 3 N–H and O–H groups in total. The van der Waals surface area contributed by atoms with Gasteiger partial charge in [-0.05, 0) is 49.7 Å². The number of nitrogens with one attached hydrogen (secondary N) is 3. The molecule has 0 saturated heterocycles. The Morgan fingerprint density at radius 3 is 2.64 bits per heavy atom. The van der Waals surface area contributed by atoms with E-state index in [4.69, 9.17) is 0 Å². The van der Waals surface area contributed by atoms with Crippen LogP contribution in [0.4, 0.5) is 5.69 Å². The number of hydrogen-bond donors (Lipinski definition) is 3. The molecule has 134 valence electrons. The van der Waals surface area contributed by atoms with Gasteiger partial charge in [-0.15, -0.1) is 11.3 Å². The highest BCUT2D eigenvalue weighted by atomic mass is 79.9. The fourth-order valence-corrected chi connectivity index (χ4v) is 3.55. The van der Waals surface area contributed by atoms with E-state index >= 15 is 0 Å². The van der Waals surface area contributed by atoms with E-state index in [1.807, 2.05) is 25.1 Å². The molecule has 1 amide bonds. The van der Waals surface area contributed by atoms with Gasteiger partial charge >= 0.3 is 0 Å². The van der Waals surface area contributed by atoms with E-state index in [9.17, 15) is 4.79 Å². The van der Waals surface area contributed by atoms with Crippen LogP contribution in [0.15, 0.2) is 39.8 Å². The van der Waals surface area contributed by atoms with Gasteiger partial charge in [0, 0.05) is 39.9 Å². The predicted molar refractivity (Wildman–Crippen MR) is 109 cm³/mol. The van der Waals surface area contributed by atoms with Gasteiger partial charge in [-0.25, -0.2) is 0 Å². The van der Waals surface area contributed by atoms with Crippen LogP contribution in [-0.2, 0) is 11.3 Å². The van der Waals surface area contributed by atoms with Gasteiger partial charge in [0.1, 0.15) is 0 Å². The molecule has 0 saturated carbocycles. The Hall–Kier alpha value is -1.86. The van der Waals surface area contributed by atoms with Crippen LogP contribution in [0.3, 0.4) is 0 Å². The lowest BCUT2D eigenvalue weighted by Crippen LogP contribution is -2.38. The molecule has 0 bridgehead atoms. The molecular formula is C18H23BrN4OS. The number of hydrogen-bond acceptors (Lipinski definition) is 3. The summed E-state index contributed by atoms with van der Waals surface area (Å²) in [6, 6.07) is 10.00. The van der Waals surface area contributed by atoms with E-state index in [-0.39, 0.29) is 5.91 Å². The van der Waals surface area contributed by atoms with Crippen molar-refractivity contribution in [1.29, 1.82) is 0 Å². The van der Waals surface area contributed by atoms with Crippen molar-refractivity contribution in [3.63, 3.8) is 0 Å². The second-order valence-electron chi connectivity index (χ2n) is 5.62. The highest BCUT2D eigenvalue weighted by Crippen LogP contribution is 2.20. The topological polar surface area (TPSA) is 65.5 Å². The molecule has 0 atom stereocenters. The van der Waals surface area contributed by atoms with Crippen LogP contribution >= 0.6 is 27.3 Å². The van der Waals surface area contributed by atoms with Gasteiger partial charge in [0.15, 0.2) is 5.96 Å². The SMILES string of the molecule is CN=C(NCCC(=O)Nc1ccc(Br)cc1C)NCc1ccc(C)s1. The Morgan fingerprint density at radius 1 is 1.20 bits per heavy atom. The number of aliphatic imine (C=N–C) groups is 1. The molecule has 0 radical (unpaired) electrons. The third-order valence-electron chi connectivity index (χ3n) is 3.56. The first-order chi connectivity index (χ1) is 12.0. The molecule has 7 heteroatoms. The molecule has 0 fully saturated rings. The fourth-order valence-electron chi connectivity index (χ4n) is 2.25. The average Bonchev–Trinajstić information content (AvgIpc) is 2.99. The molecule has 0 spiro atoms. The molecule has 0 aliphatic heterocycles. The summed E-state index contributed by atoms with van der Waals surface area (Å²) in [6.45, 7) is 5.30. The second kappa shape index (κ2) is 9.58. The molecule has 1 aromatic carbocycles. The van der Waals surface area contributed by atoms with Gasteiger partial charge in [-0.3, -0.25) is 9.79 Å². The van der Waals surface area contributed by atoms with Crippen molar-refractivity contribution in [2.75, 3.05) is 18.9 Å². The number of rotatable bonds is 6. The van der Waals surface area contributed by atoms with Crippen LogP contribution in [0.1, 0.15) is 21.7 Å². The maximum atomic E-state index is 12.1. The summed E-state index contributed by atoms with van der Waals surface area (Å²) in [7, 11) is 1.72. The molecular weight excluding hydrogens is 400 g/mol. The number of carbonyl (C=O) groups excluding carboxylic acids is 1. The minimum atomic E-state index is -0.0257. The van der Waals surface area contributed by atoms with Crippen molar-refractivity contribution in [2.45, 2.75) is 26.8 Å². The minimum absolute atomic E-state index is 0.0257. The Bertz CT molecular complexity index is 757. The Labute approximate surface area is 161 Å². The molecule has 0 unspecified atom stereocenters. The normalized spacial score (nSPS) is 11.3. The number of amides is 1. The van der Waals surface area contributed by atoms with Crippen LogP contribution in [-0.4, -0.2) is 25.5 Å². The number of aryl methyl sites for hydroxylation is 2. The largest absolute Gasteiger partial charge is 0.356 e. The molecule has 1 aromatic heterocycles. The first kappa shape index (κ1) is 19.5. The zero-order valence-corrected chi connectivity index (χ0v) is 17.1. The van der Waals surface area contributed by atoms with Gasteiger partial charge in [0.05, 0.1) is 6.54 Å². The standard InChI is InChI=1S/C18H23BrN4OS/c1-12-10-14(19)5-7-16(12)23-17(24)8-9-21-18(20-3)22-11-15-6-4-13(2)25-15/h4-7,10H,8-9,11H2,1-3H3,(H,23,24)(H2,20,21,22). The first-order valence-corrected chi connectivity index (χ1v) is 9.64. The van der Waals surface area contributed by atoms with Crippen molar-refractivity contribution < 1.29 is 4.79 Å². The molecule has 0 aliphatic carbocycles. The van der Waals surface area contributed by atoms with Crippen molar-refractivity contribution in [2.24, 2.45) is 4.99 Å². The minimum Gasteiger partial charge on any atom is -0.356 e. The lowest BCUT2D eigenvalue weighted by Gasteiger charge is -2.12. The summed E-state index contributed by atoms with van der Waals surface area (Å²) in [6.07, 6.45) is 0.369. The van der Waals surface area contributed by atoms with E-state index in [1.54, 1.807) is 18.4 Å². The molecule has 5 nitrogen and oxygen atoms in total. The van der Waals surface area contributed by atoms with Crippen molar-refractivity contribution in [1.82, 2.24) is 10.6 Å². The van der Waals surface area contributed by atoms with Crippen LogP contribution in [0.5, 0.6) is 0 Å². The summed E-state index contributed by atoms with van der Waals surface area (Å²) < 4.78 is 1.00. The van der Waals surface area contributed by atoms with Gasteiger partial charge in [-0.1, -0.05) is 15.9 Å². The summed E-state index contributed by atoms with van der Waals surface area (Å²) in [5, 5.41) is 9.34. The lowest BCUT2D eigenvalue weighted by atomic mass is 10.2. The fraction of sp³-hybridized carbons (Fsp3) is 0.333. The molecule has 2 rings (SSSR count). The van der Waals surface area contributed by atoms with E-state index < -0.39 is 0 Å². The molecule has 25 heavy (non-hydrogen) atoms. The smallest absolute Gasteiger partial charge is 0.226 e. The maximum absolute atomic E-state index is 12.1. The quantitative estimate of drug-likeness (QED) is 0.489. The molecule has 1 heterocycles. The monoisotopic (exact) mass is 422 g/mol. The van der Waals surface area contributed by atoms with Crippen LogP contribution < -0.4 is 16.0 Å². The van der Waals surface area contributed by atoms with Crippen LogP contribution in [0.2, 0.25) is 0 Å². The maximum Gasteiger partial charge on any atom is 0.226 e. The predicted octanol–water partition coefficient (Wildman–Crippen LogP) is 3.82. The Morgan fingerprint density at radius 2 is 2.00 bits per heavy atom. The number of anilines is 1. The van der Waals surface area contributed by atoms with Gasteiger partial charge in [-0.2, -0.15) is 0 Å². The highest BCUT2D eigenvalue weighted by molar-refractivity contribution is 9.10. The van der Waals surface area contributed by atoms with Crippen molar-refractivity contribution in [3.8, 4) is 0 Å². The van der Waals surface area contributed by atoms with Crippen LogP contribution in [0, 0.1) is 13.8 Å².